The third-order valence-electron chi connectivity index (χ3n) is 4.36. The van der Waals surface area contributed by atoms with Crippen molar-refractivity contribution >= 4 is 28.9 Å². The minimum Gasteiger partial charge on any atom is -0.369 e. The van der Waals surface area contributed by atoms with E-state index in [4.69, 9.17) is 11.6 Å². The van der Waals surface area contributed by atoms with Gasteiger partial charge in [-0.1, -0.05) is 17.7 Å². The van der Waals surface area contributed by atoms with Crippen LogP contribution in [-0.2, 0) is 11.8 Å². The molecular weight excluding hydrogens is 347 g/mol. The molecule has 6 nitrogen and oxygen atoms in total. The molecule has 0 aliphatic carbocycles. The fourth-order valence-corrected chi connectivity index (χ4v) is 3.21. The maximum Gasteiger partial charge on any atom is 0.287 e. The molecule has 0 saturated carbocycles. The van der Waals surface area contributed by atoms with E-state index in [1.807, 2.05) is 4.90 Å². The molecule has 1 fully saturated rings. The van der Waals surface area contributed by atoms with Gasteiger partial charge in [-0.2, -0.15) is 5.10 Å². The summed E-state index contributed by atoms with van der Waals surface area (Å²) in [6.45, 7) is 1.19. The smallest absolute Gasteiger partial charge is 0.287 e. The van der Waals surface area contributed by atoms with Crippen molar-refractivity contribution in [2.75, 3.05) is 23.3 Å². The number of aryl methyl sites for hydroxylation is 1. The van der Waals surface area contributed by atoms with Crippen molar-refractivity contribution in [3.8, 4) is 0 Å². The van der Waals surface area contributed by atoms with Gasteiger partial charge in [-0.05, 0) is 31.0 Å². The van der Waals surface area contributed by atoms with Crippen LogP contribution >= 0.6 is 11.6 Å². The van der Waals surface area contributed by atoms with Gasteiger partial charge >= 0.3 is 0 Å². The van der Waals surface area contributed by atoms with Gasteiger partial charge in [0.15, 0.2) is 0 Å². The van der Waals surface area contributed by atoms with Crippen LogP contribution in [0.1, 0.15) is 12.8 Å². The molecule has 1 aromatic carbocycles. The molecule has 132 valence electrons. The van der Waals surface area contributed by atoms with Crippen LogP contribution in [0.15, 0.2) is 35.3 Å². The number of carbonyl (C=O) groups excluding carboxylic acids is 1. The van der Waals surface area contributed by atoms with Crippen LogP contribution < -0.4 is 15.8 Å². The Hall–Kier alpha value is -2.41. The highest BCUT2D eigenvalue weighted by Crippen LogP contribution is 2.27. The highest BCUT2D eigenvalue weighted by molar-refractivity contribution is 6.33. The van der Waals surface area contributed by atoms with E-state index >= 15 is 0 Å². The summed E-state index contributed by atoms with van der Waals surface area (Å²) in [6, 6.07) is 5.83. The van der Waals surface area contributed by atoms with Crippen molar-refractivity contribution in [2.24, 2.45) is 13.0 Å². The first kappa shape index (κ1) is 17.4. The fraction of sp³-hybridized carbons (Fsp3) is 0.353. The number of anilines is 2. The number of hydrogen-bond acceptors (Lipinski definition) is 4. The molecule has 0 atom stereocenters. The molecular formula is C17H18ClFN4O2. The van der Waals surface area contributed by atoms with E-state index in [1.54, 1.807) is 25.4 Å². The van der Waals surface area contributed by atoms with Crippen molar-refractivity contribution < 1.29 is 9.18 Å². The lowest BCUT2D eigenvalue weighted by Crippen LogP contribution is -2.39. The van der Waals surface area contributed by atoms with E-state index in [9.17, 15) is 14.0 Å². The van der Waals surface area contributed by atoms with Gasteiger partial charge in [0.05, 0.1) is 11.9 Å². The van der Waals surface area contributed by atoms with Crippen LogP contribution in [0, 0.1) is 11.7 Å². The lowest BCUT2D eigenvalue weighted by molar-refractivity contribution is -0.120. The number of aromatic nitrogens is 2. The maximum absolute atomic E-state index is 13.2. The molecule has 2 heterocycles. The number of hydrogen-bond donors (Lipinski definition) is 1. The van der Waals surface area contributed by atoms with E-state index in [-0.39, 0.29) is 28.2 Å². The number of benzene rings is 1. The molecule has 2 aromatic rings. The molecule has 1 aliphatic rings. The van der Waals surface area contributed by atoms with Gasteiger partial charge in [0.2, 0.25) is 5.91 Å². The van der Waals surface area contributed by atoms with Crippen molar-refractivity contribution in [1.29, 1.82) is 0 Å². The summed E-state index contributed by atoms with van der Waals surface area (Å²) >= 11 is 6.12. The van der Waals surface area contributed by atoms with Gasteiger partial charge < -0.3 is 10.2 Å². The molecule has 1 amide bonds. The average molecular weight is 365 g/mol. The van der Waals surface area contributed by atoms with Crippen LogP contribution in [0.3, 0.4) is 0 Å². The second-order valence-corrected chi connectivity index (χ2v) is 6.41. The van der Waals surface area contributed by atoms with Gasteiger partial charge in [-0.3, -0.25) is 9.59 Å². The molecule has 1 aromatic heterocycles. The van der Waals surface area contributed by atoms with Gasteiger partial charge in [0.25, 0.3) is 5.56 Å². The lowest BCUT2D eigenvalue weighted by Gasteiger charge is -2.33. The molecule has 1 saturated heterocycles. The molecule has 1 N–H and O–H groups in total. The molecule has 8 heteroatoms. The molecule has 0 bridgehead atoms. The van der Waals surface area contributed by atoms with Crippen LogP contribution in [0.25, 0.3) is 0 Å². The number of nitrogens with zero attached hydrogens (tertiary/aromatic N) is 3. The Bertz CT molecular complexity index is 847. The first-order valence-corrected chi connectivity index (χ1v) is 8.36. The van der Waals surface area contributed by atoms with Crippen molar-refractivity contribution in [1.82, 2.24) is 9.78 Å². The molecule has 25 heavy (non-hydrogen) atoms. The monoisotopic (exact) mass is 364 g/mol. The Morgan fingerprint density at radius 3 is 2.76 bits per heavy atom. The summed E-state index contributed by atoms with van der Waals surface area (Å²) < 4.78 is 14.4. The summed E-state index contributed by atoms with van der Waals surface area (Å²) in [5.41, 5.74) is 0.699. The Balaban J connectivity index is 1.63. The highest BCUT2D eigenvalue weighted by Gasteiger charge is 2.27. The van der Waals surface area contributed by atoms with Crippen molar-refractivity contribution in [2.45, 2.75) is 12.8 Å². The number of carbonyl (C=O) groups is 1. The summed E-state index contributed by atoms with van der Waals surface area (Å²) in [5.74, 6) is -0.684. The normalized spacial score (nSPS) is 15.2. The summed E-state index contributed by atoms with van der Waals surface area (Å²) in [4.78, 5) is 26.2. The Kier molecular flexibility index (Phi) is 5.03. The van der Waals surface area contributed by atoms with E-state index < -0.39 is 0 Å². The minimum atomic E-state index is -0.389. The third-order valence-corrected chi connectivity index (χ3v) is 4.71. The van der Waals surface area contributed by atoms with Gasteiger partial charge in [0, 0.05) is 31.7 Å². The average Bonchev–Trinajstić information content (AvgIpc) is 2.60. The minimum absolute atomic E-state index is 0.126. The number of amides is 1. The van der Waals surface area contributed by atoms with Crippen LogP contribution in [0.2, 0.25) is 5.02 Å². The van der Waals surface area contributed by atoms with E-state index in [1.165, 1.54) is 16.8 Å². The van der Waals surface area contributed by atoms with Crippen LogP contribution in [0.5, 0.6) is 0 Å². The number of rotatable bonds is 3. The topological polar surface area (TPSA) is 67.2 Å². The molecule has 3 rings (SSSR count). The third kappa shape index (κ3) is 3.82. The Morgan fingerprint density at radius 2 is 2.08 bits per heavy atom. The second-order valence-electron chi connectivity index (χ2n) is 6.03. The maximum atomic E-state index is 13.2. The number of piperidine rings is 1. The first-order valence-electron chi connectivity index (χ1n) is 7.99. The number of nitrogens with one attached hydrogen (secondary N) is 1. The van der Waals surface area contributed by atoms with E-state index in [0.29, 0.717) is 37.3 Å². The van der Waals surface area contributed by atoms with Crippen molar-refractivity contribution in [3.05, 3.63) is 51.7 Å². The van der Waals surface area contributed by atoms with Crippen LogP contribution in [-0.4, -0.2) is 28.8 Å². The molecule has 0 radical (unpaired) electrons. The summed E-state index contributed by atoms with van der Waals surface area (Å²) in [5, 5.41) is 6.88. The largest absolute Gasteiger partial charge is 0.369 e. The Morgan fingerprint density at radius 1 is 1.36 bits per heavy atom. The van der Waals surface area contributed by atoms with Crippen LogP contribution in [0.4, 0.5) is 15.8 Å². The van der Waals surface area contributed by atoms with Crippen molar-refractivity contribution in [3.63, 3.8) is 0 Å². The SMILES string of the molecule is Cn1ncc(N2CCC(C(=O)Nc3cccc(F)c3)CC2)c(Cl)c1=O. The van der Waals surface area contributed by atoms with E-state index in [0.717, 1.165) is 0 Å². The quantitative estimate of drug-likeness (QED) is 0.908. The number of halogens is 2. The predicted octanol–water partition coefficient (Wildman–Crippen LogP) is 2.43. The molecule has 0 spiro atoms. The molecule has 1 aliphatic heterocycles. The lowest BCUT2D eigenvalue weighted by atomic mass is 9.95. The van der Waals surface area contributed by atoms with Gasteiger partial charge in [0.1, 0.15) is 10.8 Å². The van der Waals surface area contributed by atoms with Gasteiger partial charge in [-0.25, -0.2) is 9.07 Å². The molecule has 0 unspecified atom stereocenters. The highest BCUT2D eigenvalue weighted by atomic mass is 35.5. The fourth-order valence-electron chi connectivity index (χ4n) is 2.92. The van der Waals surface area contributed by atoms with E-state index in [2.05, 4.69) is 10.4 Å². The zero-order chi connectivity index (χ0) is 18.0. The summed E-state index contributed by atoms with van der Waals surface area (Å²) in [6.07, 6.45) is 2.80. The Labute approximate surface area is 149 Å². The summed E-state index contributed by atoms with van der Waals surface area (Å²) in [7, 11) is 1.54. The first-order chi connectivity index (χ1) is 12.0. The zero-order valence-electron chi connectivity index (χ0n) is 13.7. The zero-order valence-corrected chi connectivity index (χ0v) is 14.5. The predicted molar refractivity (Wildman–Crippen MR) is 94.5 cm³/mol. The standard InChI is InChI=1S/C17H18ClFN4O2/c1-22-17(25)15(18)14(10-20-22)23-7-5-11(6-8-23)16(24)21-13-4-2-3-12(19)9-13/h2-4,9-11H,5-8H2,1H3,(H,21,24). The second kappa shape index (κ2) is 7.23. The van der Waals surface area contributed by atoms with Gasteiger partial charge in [-0.15, -0.1) is 0 Å².